The second-order valence-corrected chi connectivity index (χ2v) is 6.28. The Morgan fingerprint density at radius 2 is 1.65 bits per heavy atom. The van der Waals surface area contributed by atoms with Crippen molar-refractivity contribution in [2.75, 3.05) is 30.8 Å². The molecule has 6 nitrogen and oxygen atoms in total. The van der Waals surface area contributed by atoms with Crippen molar-refractivity contribution in [3.05, 3.63) is 54.6 Å². The second kappa shape index (κ2) is 8.38. The highest BCUT2D eigenvalue weighted by Crippen LogP contribution is 2.22. The van der Waals surface area contributed by atoms with Crippen LogP contribution in [0.1, 0.15) is 12.8 Å². The summed E-state index contributed by atoms with van der Waals surface area (Å²) in [5.41, 5.74) is 1.49. The molecule has 0 spiro atoms. The number of nitrogens with zero attached hydrogens (tertiary/aromatic N) is 1. The lowest BCUT2D eigenvalue weighted by Gasteiger charge is -2.31. The van der Waals surface area contributed by atoms with Gasteiger partial charge in [-0.05, 0) is 37.1 Å². The summed E-state index contributed by atoms with van der Waals surface area (Å²) in [4.78, 5) is 26.5. The number of ether oxygens (including phenoxy) is 1. The van der Waals surface area contributed by atoms with Crippen LogP contribution in [0, 0.1) is 5.92 Å². The largest absolute Gasteiger partial charge is 0.497 e. The number of hydrogen-bond acceptors (Lipinski definition) is 3. The van der Waals surface area contributed by atoms with Gasteiger partial charge >= 0.3 is 6.03 Å². The third-order valence-electron chi connectivity index (χ3n) is 4.52. The molecule has 1 fully saturated rings. The fourth-order valence-corrected chi connectivity index (χ4v) is 3.01. The van der Waals surface area contributed by atoms with Gasteiger partial charge in [-0.1, -0.05) is 24.3 Å². The van der Waals surface area contributed by atoms with Crippen LogP contribution in [0.5, 0.6) is 5.75 Å². The van der Waals surface area contributed by atoms with Crippen molar-refractivity contribution in [2.45, 2.75) is 12.8 Å². The zero-order chi connectivity index (χ0) is 18.4. The number of methoxy groups -OCH3 is 1. The predicted molar refractivity (Wildman–Crippen MR) is 101 cm³/mol. The van der Waals surface area contributed by atoms with Crippen molar-refractivity contribution in [1.82, 2.24) is 4.90 Å². The topological polar surface area (TPSA) is 70.7 Å². The third kappa shape index (κ3) is 4.53. The number of carbonyl (C=O) groups is 2. The molecule has 0 radical (unpaired) electrons. The normalized spacial score (nSPS) is 14.6. The fourth-order valence-electron chi connectivity index (χ4n) is 3.01. The van der Waals surface area contributed by atoms with Crippen molar-refractivity contribution >= 4 is 23.3 Å². The Labute approximate surface area is 153 Å². The molecule has 1 heterocycles. The Bertz CT molecular complexity index is 756. The molecule has 3 amide bonds. The number of benzene rings is 2. The first-order valence-electron chi connectivity index (χ1n) is 8.71. The molecule has 2 aromatic carbocycles. The van der Waals surface area contributed by atoms with Gasteiger partial charge in [0.2, 0.25) is 5.91 Å². The molecule has 0 aliphatic carbocycles. The monoisotopic (exact) mass is 353 g/mol. The molecular weight excluding hydrogens is 330 g/mol. The van der Waals surface area contributed by atoms with Crippen LogP contribution in [-0.4, -0.2) is 37.0 Å². The number of carbonyl (C=O) groups excluding carboxylic acids is 2. The van der Waals surface area contributed by atoms with Crippen LogP contribution in [0.25, 0.3) is 0 Å². The molecule has 0 saturated carbocycles. The Hall–Kier alpha value is -3.02. The molecule has 1 aliphatic heterocycles. The number of likely N-dealkylation sites (tertiary alicyclic amines) is 1. The molecule has 1 aliphatic rings. The van der Waals surface area contributed by atoms with Gasteiger partial charge in [-0.15, -0.1) is 0 Å². The Balaban J connectivity index is 1.49. The maximum absolute atomic E-state index is 12.5. The van der Waals surface area contributed by atoms with Crippen LogP contribution >= 0.6 is 0 Å². The van der Waals surface area contributed by atoms with Crippen LogP contribution < -0.4 is 15.4 Å². The van der Waals surface area contributed by atoms with E-state index in [1.807, 2.05) is 48.5 Å². The van der Waals surface area contributed by atoms with Crippen molar-refractivity contribution in [3.63, 3.8) is 0 Å². The van der Waals surface area contributed by atoms with E-state index < -0.39 is 0 Å². The van der Waals surface area contributed by atoms with Gasteiger partial charge in [-0.25, -0.2) is 4.79 Å². The first kappa shape index (κ1) is 17.8. The number of urea groups is 1. The standard InChI is InChI=1S/C20H23N3O3/c1-26-18-9-5-8-17(14-18)21-19(24)15-10-12-23(13-11-15)20(25)22-16-6-3-2-4-7-16/h2-9,14-15H,10-13H2,1H3,(H,21,24)(H,22,25). The highest BCUT2D eigenvalue weighted by atomic mass is 16.5. The minimum absolute atomic E-state index is 0.0126. The Kier molecular flexibility index (Phi) is 5.73. The molecule has 0 aromatic heterocycles. The van der Waals surface area contributed by atoms with E-state index in [0.29, 0.717) is 31.7 Å². The van der Waals surface area contributed by atoms with Gasteiger partial charge in [0.1, 0.15) is 5.75 Å². The smallest absolute Gasteiger partial charge is 0.321 e. The average molecular weight is 353 g/mol. The van der Waals surface area contributed by atoms with Crippen molar-refractivity contribution in [1.29, 1.82) is 0 Å². The summed E-state index contributed by atoms with van der Waals surface area (Å²) < 4.78 is 5.17. The number of amides is 3. The third-order valence-corrected chi connectivity index (χ3v) is 4.52. The van der Waals surface area contributed by atoms with E-state index in [-0.39, 0.29) is 17.9 Å². The van der Waals surface area contributed by atoms with E-state index in [4.69, 9.17) is 4.74 Å². The van der Waals surface area contributed by atoms with Gasteiger partial charge in [0.15, 0.2) is 0 Å². The van der Waals surface area contributed by atoms with E-state index in [1.165, 1.54) is 0 Å². The van der Waals surface area contributed by atoms with Crippen LogP contribution in [-0.2, 0) is 4.79 Å². The summed E-state index contributed by atoms with van der Waals surface area (Å²) >= 11 is 0. The summed E-state index contributed by atoms with van der Waals surface area (Å²) in [5, 5.41) is 5.81. The molecule has 2 aromatic rings. The minimum atomic E-state index is -0.122. The number of piperidine rings is 1. The lowest BCUT2D eigenvalue weighted by Crippen LogP contribution is -2.43. The highest BCUT2D eigenvalue weighted by Gasteiger charge is 2.27. The van der Waals surface area contributed by atoms with Crippen molar-refractivity contribution in [2.24, 2.45) is 5.92 Å². The van der Waals surface area contributed by atoms with Crippen LogP contribution in [0.4, 0.5) is 16.2 Å². The maximum Gasteiger partial charge on any atom is 0.321 e. The zero-order valence-electron chi connectivity index (χ0n) is 14.8. The van der Waals surface area contributed by atoms with E-state index in [0.717, 1.165) is 11.4 Å². The number of hydrogen-bond donors (Lipinski definition) is 2. The quantitative estimate of drug-likeness (QED) is 0.883. The van der Waals surface area contributed by atoms with E-state index >= 15 is 0 Å². The highest BCUT2D eigenvalue weighted by molar-refractivity contribution is 5.93. The van der Waals surface area contributed by atoms with Crippen molar-refractivity contribution < 1.29 is 14.3 Å². The zero-order valence-corrected chi connectivity index (χ0v) is 14.8. The van der Waals surface area contributed by atoms with Gasteiger partial charge in [0.05, 0.1) is 7.11 Å². The lowest BCUT2D eigenvalue weighted by atomic mass is 9.96. The van der Waals surface area contributed by atoms with Gasteiger partial charge in [0, 0.05) is 36.4 Å². The van der Waals surface area contributed by atoms with Crippen LogP contribution in [0.3, 0.4) is 0 Å². The van der Waals surface area contributed by atoms with Crippen LogP contribution in [0.2, 0.25) is 0 Å². The molecular formula is C20H23N3O3. The first-order chi connectivity index (χ1) is 12.7. The average Bonchev–Trinajstić information content (AvgIpc) is 2.69. The van der Waals surface area contributed by atoms with E-state index in [2.05, 4.69) is 10.6 Å². The fraction of sp³-hybridized carbons (Fsp3) is 0.300. The summed E-state index contributed by atoms with van der Waals surface area (Å²) in [6.07, 6.45) is 1.30. The van der Waals surface area contributed by atoms with Gasteiger partial charge in [-0.2, -0.15) is 0 Å². The summed E-state index contributed by atoms with van der Waals surface area (Å²) in [6.45, 7) is 1.13. The first-order valence-corrected chi connectivity index (χ1v) is 8.71. The number of para-hydroxylation sites is 1. The SMILES string of the molecule is COc1cccc(NC(=O)C2CCN(C(=O)Nc3ccccc3)CC2)c1. The molecule has 3 rings (SSSR count). The van der Waals surface area contributed by atoms with E-state index in [9.17, 15) is 9.59 Å². The Morgan fingerprint density at radius 1 is 0.962 bits per heavy atom. The number of nitrogens with one attached hydrogen (secondary N) is 2. The summed E-state index contributed by atoms with van der Waals surface area (Å²) in [6, 6.07) is 16.5. The molecule has 1 saturated heterocycles. The lowest BCUT2D eigenvalue weighted by molar-refractivity contribution is -0.121. The van der Waals surface area contributed by atoms with Gasteiger partial charge < -0.3 is 20.3 Å². The van der Waals surface area contributed by atoms with Crippen molar-refractivity contribution in [3.8, 4) is 5.75 Å². The summed E-state index contributed by atoms with van der Waals surface area (Å²) in [7, 11) is 1.59. The van der Waals surface area contributed by atoms with Gasteiger partial charge in [-0.3, -0.25) is 4.79 Å². The Morgan fingerprint density at radius 3 is 2.35 bits per heavy atom. The molecule has 0 atom stereocenters. The van der Waals surface area contributed by atoms with E-state index in [1.54, 1.807) is 18.1 Å². The molecule has 6 heteroatoms. The van der Waals surface area contributed by atoms with Crippen LogP contribution in [0.15, 0.2) is 54.6 Å². The molecule has 2 N–H and O–H groups in total. The molecule has 26 heavy (non-hydrogen) atoms. The van der Waals surface area contributed by atoms with Gasteiger partial charge in [0.25, 0.3) is 0 Å². The summed E-state index contributed by atoms with van der Waals surface area (Å²) in [5.74, 6) is 0.596. The minimum Gasteiger partial charge on any atom is -0.497 e. The maximum atomic E-state index is 12.5. The number of rotatable bonds is 4. The predicted octanol–water partition coefficient (Wildman–Crippen LogP) is 3.58. The number of anilines is 2. The molecule has 0 unspecified atom stereocenters. The molecule has 0 bridgehead atoms. The molecule has 136 valence electrons. The second-order valence-electron chi connectivity index (χ2n) is 6.28.